The summed E-state index contributed by atoms with van der Waals surface area (Å²) in [5.41, 5.74) is 2.30. The molecule has 2 nitrogen and oxygen atoms in total. The van der Waals surface area contributed by atoms with E-state index < -0.39 is 0 Å². The monoisotopic (exact) mass is 231 g/mol. The van der Waals surface area contributed by atoms with Crippen LogP contribution in [0.1, 0.15) is 18.1 Å². The molecule has 14 heavy (non-hydrogen) atoms. The van der Waals surface area contributed by atoms with Crippen molar-refractivity contribution >= 4 is 34.8 Å². The molecule has 0 spiro atoms. The normalized spacial score (nSPS) is 10.1. The van der Waals surface area contributed by atoms with Gasteiger partial charge in [0.25, 0.3) is 0 Å². The maximum atomic E-state index is 10.9. The van der Waals surface area contributed by atoms with Crippen molar-refractivity contribution < 1.29 is 4.79 Å². The summed E-state index contributed by atoms with van der Waals surface area (Å²) in [6.07, 6.45) is 0. The lowest BCUT2D eigenvalue weighted by Crippen LogP contribution is -2.07. The van der Waals surface area contributed by atoms with Gasteiger partial charge in [-0.3, -0.25) is 4.79 Å². The maximum Gasteiger partial charge on any atom is 0.221 e. The Morgan fingerprint density at radius 3 is 2.36 bits per heavy atom. The number of halogens is 2. The summed E-state index contributed by atoms with van der Waals surface area (Å²) < 4.78 is 0. The Labute approximate surface area is 93.2 Å². The van der Waals surface area contributed by atoms with Crippen LogP contribution in [0.15, 0.2) is 6.07 Å². The van der Waals surface area contributed by atoms with Gasteiger partial charge in [0.2, 0.25) is 5.91 Å². The molecule has 0 aromatic heterocycles. The number of hydrogen-bond donors (Lipinski definition) is 1. The van der Waals surface area contributed by atoms with Crippen LogP contribution >= 0.6 is 23.2 Å². The van der Waals surface area contributed by atoms with E-state index in [1.807, 2.05) is 13.8 Å². The van der Waals surface area contributed by atoms with Gasteiger partial charge in [-0.2, -0.15) is 0 Å². The molecule has 1 aromatic carbocycles. The maximum absolute atomic E-state index is 10.9. The van der Waals surface area contributed by atoms with Crippen molar-refractivity contribution in [1.29, 1.82) is 0 Å². The van der Waals surface area contributed by atoms with Crippen LogP contribution in [0.4, 0.5) is 5.69 Å². The second kappa shape index (κ2) is 4.20. The Hall–Kier alpha value is -0.730. The summed E-state index contributed by atoms with van der Waals surface area (Å²) in [6, 6.07) is 1.76. The first-order valence-electron chi connectivity index (χ1n) is 4.16. The van der Waals surface area contributed by atoms with Crippen LogP contribution in [0, 0.1) is 13.8 Å². The molecule has 1 rings (SSSR count). The molecule has 1 aromatic rings. The molecule has 0 bridgehead atoms. The molecular formula is C10H11Cl2NO. The smallest absolute Gasteiger partial charge is 0.221 e. The fourth-order valence-corrected chi connectivity index (χ4v) is 1.61. The summed E-state index contributed by atoms with van der Waals surface area (Å²) >= 11 is 12.0. The van der Waals surface area contributed by atoms with Gasteiger partial charge in [0.05, 0.1) is 10.7 Å². The van der Waals surface area contributed by atoms with E-state index in [2.05, 4.69) is 5.32 Å². The van der Waals surface area contributed by atoms with Crippen LogP contribution in [0.2, 0.25) is 10.0 Å². The largest absolute Gasteiger partial charge is 0.325 e. The van der Waals surface area contributed by atoms with Crippen LogP contribution in [-0.2, 0) is 4.79 Å². The highest BCUT2D eigenvalue weighted by Crippen LogP contribution is 2.33. The van der Waals surface area contributed by atoms with Crippen LogP contribution < -0.4 is 5.32 Å². The molecule has 0 aliphatic heterocycles. The van der Waals surface area contributed by atoms with Gasteiger partial charge in [0, 0.05) is 11.9 Å². The van der Waals surface area contributed by atoms with Crippen LogP contribution in [-0.4, -0.2) is 5.91 Å². The number of carbonyl (C=O) groups excluding carboxylic acids is 1. The number of nitrogens with one attached hydrogen (secondary N) is 1. The summed E-state index contributed by atoms with van der Waals surface area (Å²) in [4.78, 5) is 10.9. The molecule has 0 radical (unpaired) electrons. The van der Waals surface area contributed by atoms with Gasteiger partial charge in [-0.15, -0.1) is 0 Å². The Bertz CT molecular complexity index is 388. The number of anilines is 1. The Kier molecular flexibility index (Phi) is 3.40. The van der Waals surface area contributed by atoms with Crippen LogP contribution in [0.5, 0.6) is 0 Å². The lowest BCUT2D eigenvalue weighted by atomic mass is 10.1. The minimum absolute atomic E-state index is 0.145. The first-order valence-corrected chi connectivity index (χ1v) is 4.92. The van der Waals surface area contributed by atoms with Gasteiger partial charge in [-0.25, -0.2) is 0 Å². The Balaban J connectivity index is 3.25. The Morgan fingerprint density at radius 1 is 1.29 bits per heavy atom. The fourth-order valence-electron chi connectivity index (χ4n) is 1.22. The fraction of sp³-hybridized carbons (Fsp3) is 0.300. The number of rotatable bonds is 1. The van der Waals surface area contributed by atoms with Crippen molar-refractivity contribution in [2.24, 2.45) is 0 Å². The van der Waals surface area contributed by atoms with Crippen LogP contribution in [0.25, 0.3) is 0 Å². The number of amides is 1. The van der Waals surface area contributed by atoms with Crippen molar-refractivity contribution in [2.75, 3.05) is 5.32 Å². The van der Waals surface area contributed by atoms with Gasteiger partial charge >= 0.3 is 0 Å². The number of hydrogen-bond acceptors (Lipinski definition) is 1. The average Bonchev–Trinajstić information content (AvgIpc) is 2.10. The molecule has 1 N–H and O–H groups in total. The van der Waals surface area contributed by atoms with E-state index in [9.17, 15) is 4.79 Å². The van der Waals surface area contributed by atoms with E-state index in [1.165, 1.54) is 6.92 Å². The van der Waals surface area contributed by atoms with Gasteiger partial charge in [0.15, 0.2) is 0 Å². The zero-order valence-corrected chi connectivity index (χ0v) is 9.75. The summed E-state index contributed by atoms with van der Waals surface area (Å²) in [5, 5.41) is 3.79. The number of carbonyl (C=O) groups is 1. The van der Waals surface area contributed by atoms with E-state index in [4.69, 9.17) is 23.2 Å². The molecule has 0 aliphatic rings. The van der Waals surface area contributed by atoms with Crippen LogP contribution in [0.3, 0.4) is 0 Å². The third kappa shape index (κ3) is 2.20. The van der Waals surface area contributed by atoms with Gasteiger partial charge < -0.3 is 5.32 Å². The molecule has 0 aliphatic carbocycles. The van der Waals surface area contributed by atoms with E-state index in [-0.39, 0.29) is 5.91 Å². The van der Waals surface area contributed by atoms with E-state index in [1.54, 1.807) is 6.07 Å². The SMILES string of the molecule is CC(=O)Nc1cc(C)c(Cl)c(C)c1Cl. The number of benzene rings is 1. The van der Waals surface area contributed by atoms with Crippen molar-refractivity contribution in [1.82, 2.24) is 0 Å². The summed E-state index contributed by atoms with van der Waals surface area (Å²) in [7, 11) is 0. The molecule has 0 unspecified atom stereocenters. The predicted octanol–water partition coefficient (Wildman–Crippen LogP) is 3.57. The topological polar surface area (TPSA) is 29.1 Å². The lowest BCUT2D eigenvalue weighted by Gasteiger charge is -2.11. The minimum Gasteiger partial charge on any atom is -0.325 e. The Morgan fingerprint density at radius 2 is 1.86 bits per heavy atom. The van der Waals surface area contributed by atoms with Crippen molar-refractivity contribution in [3.05, 3.63) is 27.2 Å². The highest BCUT2D eigenvalue weighted by molar-refractivity contribution is 6.38. The molecule has 0 saturated carbocycles. The third-order valence-corrected chi connectivity index (χ3v) is 2.98. The predicted molar refractivity (Wildman–Crippen MR) is 60.2 cm³/mol. The van der Waals surface area contributed by atoms with Crippen molar-refractivity contribution in [2.45, 2.75) is 20.8 Å². The first kappa shape index (κ1) is 11.3. The molecule has 4 heteroatoms. The molecule has 0 fully saturated rings. The second-order valence-electron chi connectivity index (χ2n) is 3.18. The highest BCUT2D eigenvalue weighted by atomic mass is 35.5. The quantitative estimate of drug-likeness (QED) is 0.787. The van der Waals surface area contributed by atoms with Crippen molar-refractivity contribution in [3.8, 4) is 0 Å². The van der Waals surface area contributed by atoms with E-state index >= 15 is 0 Å². The molecule has 1 amide bonds. The van der Waals surface area contributed by atoms with Crippen molar-refractivity contribution in [3.63, 3.8) is 0 Å². The minimum atomic E-state index is -0.145. The molecule has 0 saturated heterocycles. The first-order chi connectivity index (χ1) is 6.43. The van der Waals surface area contributed by atoms with Gasteiger partial charge in [-0.1, -0.05) is 23.2 Å². The molecule has 0 heterocycles. The summed E-state index contributed by atoms with van der Waals surface area (Å²) in [6.45, 7) is 5.13. The van der Waals surface area contributed by atoms with Gasteiger partial charge in [0.1, 0.15) is 0 Å². The zero-order chi connectivity index (χ0) is 10.9. The molecule has 0 atom stereocenters. The molecular weight excluding hydrogens is 221 g/mol. The molecule has 76 valence electrons. The second-order valence-corrected chi connectivity index (χ2v) is 3.93. The standard InChI is InChI=1S/C10H11Cl2NO/c1-5-4-8(13-7(3)14)10(12)6(2)9(5)11/h4H,1-3H3,(H,13,14). The lowest BCUT2D eigenvalue weighted by molar-refractivity contribution is -0.114. The third-order valence-electron chi connectivity index (χ3n) is 1.91. The van der Waals surface area contributed by atoms with Gasteiger partial charge in [-0.05, 0) is 31.0 Å². The van der Waals surface area contributed by atoms with E-state index in [0.29, 0.717) is 15.7 Å². The average molecular weight is 232 g/mol. The number of aryl methyl sites for hydroxylation is 1. The highest BCUT2D eigenvalue weighted by Gasteiger charge is 2.10. The van der Waals surface area contributed by atoms with E-state index in [0.717, 1.165) is 11.1 Å². The summed E-state index contributed by atoms with van der Waals surface area (Å²) in [5.74, 6) is -0.145. The zero-order valence-electron chi connectivity index (χ0n) is 8.24.